The van der Waals surface area contributed by atoms with Gasteiger partial charge in [-0.05, 0) is 73.5 Å². The summed E-state index contributed by atoms with van der Waals surface area (Å²) in [6.07, 6.45) is 2.37. The molecule has 1 fully saturated rings. The van der Waals surface area contributed by atoms with Gasteiger partial charge >= 0.3 is 0 Å². The van der Waals surface area contributed by atoms with E-state index in [2.05, 4.69) is 15.6 Å². The predicted molar refractivity (Wildman–Crippen MR) is 127 cm³/mol. The van der Waals surface area contributed by atoms with E-state index in [1.807, 2.05) is 0 Å². The highest BCUT2D eigenvalue weighted by atomic mass is 19.1. The summed E-state index contributed by atoms with van der Waals surface area (Å²) in [5.41, 5.74) is 0.206. The number of benzene rings is 3. The lowest BCUT2D eigenvalue weighted by molar-refractivity contribution is -0.131. The number of pyridine rings is 1. The van der Waals surface area contributed by atoms with Crippen LogP contribution in [0, 0.1) is 11.2 Å². The SMILES string of the molecule is O=C(Nc1ccc(F)cc1)C1(C(=O)Nc2ccc(Oc3ccnc4cc(O)c(O)cc34)cc2)CC1. The molecule has 0 saturated heterocycles. The Morgan fingerprint density at radius 3 is 2.03 bits per heavy atom. The van der Waals surface area contributed by atoms with Gasteiger partial charge in [-0.15, -0.1) is 0 Å². The minimum Gasteiger partial charge on any atom is -0.504 e. The second-order valence-corrected chi connectivity index (χ2v) is 8.29. The Bertz CT molecular complexity index is 1430. The van der Waals surface area contributed by atoms with Gasteiger partial charge in [0.2, 0.25) is 11.8 Å². The van der Waals surface area contributed by atoms with Crippen molar-refractivity contribution in [2.45, 2.75) is 12.8 Å². The van der Waals surface area contributed by atoms with Crippen molar-refractivity contribution in [1.82, 2.24) is 4.98 Å². The van der Waals surface area contributed by atoms with Gasteiger partial charge in [-0.1, -0.05) is 0 Å². The van der Waals surface area contributed by atoms with E-state index >= 15 is 0 Å². The van der Waals surface area contributed by atoms with Gasteiger partial charge in [-0.3, -0.25) is 14.6 Å². The Morgan fingerprint density at radius 2 is 1.43 bits per heavy atom. The van der Waals surface area contributed by atoms with Crippen molar-refractivity contribution in [3.63, 3.8) is 0 Å². The molecule has 5 rings (SSSR count). The van der Waals surface area contributed by atoms with E-state index < -0.39 is 23.0 Å². The molecule has 0 aliphatic heterocycles. The standard InChI is InChI=1S/C26H20FN3O5/c27-15-1-3-16(4-2-15)29-24(33)26(10-11-26)25(34)30-17-5-7-18(8-6-17)35-23-9-12-28-20-14-22(32)21(31)13-19(20)23/h1-9,12-14,31-32H,10-11H2,(H,29,33)(H,30,34). The first kappa shape index (κ1) is 22.1. The Labute approximate surface area is 199 Å². The van der Waals surface area contributed by atoms with Gasteiger partial charge in [0, 0.05) is 29.0 Å². The third-order valence-corrected chi connectivity index (χ3v) is 5.86. The average Bonchev–Trinajstić information content (AvgIpc) is 3.65. The third kappa shape index (κ3) is 4.43. The van der Waals surface area contributed by atoms with Crippen molar-refractivity contribution in [2.24, 2.45) is 5.41 Å². The van der Waals surface area contributed by atoms with Crippen molar-refractivity contribution >= 4 is 34.1 Å². The first-order valence-corrected chi connectivity index (χ1v) is 10.8. The van der Waals surface area contributed by atoms with Crippen LogP contribution < -0.4 is 15.4 Å². The monoisotopic (exact) mass is 473 g/mol. The van der Waals surface area contributed by atoms with E-state index in [1.54, 1.807) is 30.3 Å². The first-order valence-electron chi connectivity index (χ1n) is 10.8. The molecule has 1 heterocycles. The molecule has 8 nitrogen and oxygen atoms in total. The van der Waals surface area contributed by atoms with Gasteiger partial charge in [-0.25, -0.2) is 4.39 Å². The number of phenolic OH excluding ortho intramolecular Hbond substituents is 2. The number of nitrogens with zero attached hydrogens (tertiary/aromatic N) is 1. The number of carbonyl (C=O) groups excluding carboxylic acids is 2. The summed E-state index contributed by atoms with van der Waals surface area (Å²) in [7, 11) is 0. The average molecular weight is 473 g/mol. The summed E-state index contributed by atoms with van der Waals surface area (Å²) in [5.74, 6) is -0.923. The molecule has 9 heteroatoms. The van der Waals surface area contributed by atoms with E-state index in [0.29, 0.717) is 46.6 Å². The first-order chi connectivity index (χ1) is 16.8. The van der Waals surface area contributed by atoms with Crippen LogP contribution in [0.2, 0.25) is 0 Å². The smallest absolute Gasteiger partial charge is 0.240 e. The number of phenols is 2. The van der Waals surface area contributed by atoms with Crippen molar-refractivity contribution in [2.75, 3.05) is 10.6 Å². The number of carbonyl (C=O) groups is 2. The molecule has 0 bridgehead atoms. The Hall–Kier alpha value is -4.66. The molecule has 1 aromatic heterocycles. The maximum atomic E-state index is 13.1. The molecule has 4 aromatic rings. The van der Waals surface area contributed by atoms with Crippen LogP contribution in [0.15, 0.2) is 72.9 Å². The Balaban J connectivity index is 1.26. The van der Waals surface area contributed by atoms with Crippen molar-refractivity contribution < 1.29 is 28.9 Å². The number of hydrogen-bond donors (Lipinski definition) is 4. The highest BCUT2D eigenvalue weighted by molar-refractivity contribution is 6.16. The zero-order valence-electron chi connectivity index (χ0n) is 18.3. The molecular formula is C26H20FN3O5. The molecule has 0 unspecified atom stereocenters. The number of anilines is 2. The Morgan fingerprint density at radius 1 is 0.857 bits per heavy atom. The van der Waals surface area contributed by atoms with Crippen LogP contribution in [0.1, 0.15) is 12.8 Å². The summed E-state index contributed by atoms with van der Waals surface area (Å²) < 4.78 is 19.0. The van der Waals surface area contributed by atoms with Gasteiger partial charge < -0.3 is 25.6 Å². The number of aromatic nitrogens is 1. The van der Waals surface area contributed by atoms with E-state index in [4.69, 9.17) is 4.74 Å². The van der Waals surface area contributed by atoms with Crippen LogP contribution >= 0.6 is 0 Å². The van der Waals surface area contributed by atoms with Crippen LogP contribution in [0.5, 0.6) is 23.0 Å². The van der Waals surface area contributed by atoms with E-state index in [0.717, 1.165) is 0 Å². The molecule has 1 aliphatic rings. The summed E-state index contributed by atoms with van der Waals surface area (Å²) in [4.78, 5) is 29.7. The number of halogens is 1. The van der Waals surface area contributed by atoms with E-state index in [1.165, 1.54) is 42.6 Å². The van der Waals surface area contributed by atoms with Gasteiger partial charge in [-0.2, -0.15) is 0 Å². The number of rotatable bonds is 6. The second kappa shape index (κ2) is 8.60. The molecule has 3 aromatic carbocycles. The van der Waals surface area contributed by atoms with Crippen molar-refractivity contribution in [3.8, 4) is 23.0 Å². The molecule has 4 N–H and O–H groups in total. The fourth-order valence-electron chi connectivity index (χ4n) is 3.68. The lowest BCUT2D eigenvalue weighted by Crippen LogP contribution is -2.35. The van der Waals surface area contributed by atoms with E-state index in [9.17, 15) is 24.2 Å². The summed E-state index contributed by atoms with van der Waals surface area (Å²) in [6.45, 7) is 0. The highest BCUT2D eigenvalue weighted by Gasteiger charge is 2.56. The largest absolute Gasteiger partial charge is 0.504 e. The molecule has 176 valence electrons. The zero-order chi connectivity index (χ0) is 24.6. The lowest BCUT2D eigenvalue weighted by atomic mass is 10.0. The molecule has 1 saturated carbocycles. The molecule has 0 radical (unpaired) electrons. The minimum absolute atomic E-state index is 0.276. The molecule has 1 aliphatic carbocycles. The van der Waals surface area contributed by atoms with Crippen LogP contribution in [0.4, 0.5) is 15.8 Å². The summed E-state index contributed by atoms with van der Waals surface area (Å²) in [6, 6.07) is 16.3. The van der Waals surface area contributed by atoms with Crippen LogP contribution in [0.25, 0.3) is 10.9 Å². The van der Waals surface area contributed by atoms with Crippen LogP contribution in [-0.4, -0.2) is 27.0 Å². The lowest BCUT2D eigenvalue weighted by Gasteiger charge is -2.16. The molecule has 35 heavy (non-hydrogen) atoms. The summed E-state index contributed by atoms with van der Waals surface area (Å²) in [5, 5.41) is 25.4. The fraction of sp³-hybridized carbons (Fsp3) is 0.115. The zero-order valence-corrected chi connectivity index (χ0v) is 18.3. The molecular weight excluding hydrogens is 453 g/mol. The van der Waals surface area contributed by atoms with Crippen LogP contribution in [0.3, 0.4) is 0 Å². The maximum Gasteiger partial charge on any atom is 0.240 e. The van der Waals surface area contributed by atoms with Crippen LogP contribution in [-0.2, 0) is 9.59 Å². The molecule has 0 spiro atoms. The highest BCUT2D eigenvalue weighted by Crippen LogP contribution is 2.47. The predicted octanol–water partition coefficient (Wildman–Crippen LogP) is 4.93. The number of hydrogen-bond acceptors (Lipinski definition) is 6. The minimum atomic E-state index is -1.16. The van der Waals surface area contributed by atoms with Crippen molar-refractivity contribution in [3.05, 3.63) is 78.7 Å². The number of ether oxygens (including phenoxy) is 1. The fourth-order valence-corrected chi connectivity index (χ4v) is 3.68. The van der Waals surface area contributed by atoms with Gasteiger partial charge in [0.25, 0.3) is 0 Å². The number of amides is 2. The number of aromatic hydroxyl groups is 2. The number of fused-ring (bicyclic) bond motifs is 1. The summed E-state index contributed by atoms with van der Waals surface area (Å²) >= 11 is 0. The topological polar surface area (TPSA) is 121 Å². The van der Waals surface area contributed by atoms with Gasteiger partial charge in [0.15, 0.2) is 11.5 Å². The van der Waals surface area contributed by atoms with Crippen molar-refractivity contribution in [1.29, 1.82) is 0 Å². The molecule has 0 atom stereocenters. The van der Waals surface area contributed by atoms with E-state index in [-0.39, 0.29) is 11.5 Å². The maximum absolute atomic E-state index is 13.1. The molecule has 2 amide bonds. The van der Waals surface area contributed by atoms with Gasteiger partial charge in [0.05, 0.1) is 5.52 Å². The number of nitrogens with one attached hydrogen (secondary N) is 2. The third-order valence-electron chi connectivity index (χ3n) is 5.86. The second-order valence-electron chi connectivity index (χ2n) is 8.29. The quantitative estimate of drug-likeness (QED) is 0.233. The normalized spacial score (nSPS) is 13.7. The Kier molecular flexibility index (Phi) is 5.44. The van der Waals surface area contributed by atoms with Gasteiger partial charge in [0.1, 0.15) is 22.7 Å².